The molecule has 2 N–H and O–H groups in total. The summed E-state index contributed by atoms with van der Waals surface area (Å²) in [4.78, 5) is 29.1. The number of nitrogens with zero attached hydrogens (tertiary/aromatic N) is 2. The first-order chi connectivity index (χ1) is 16.9. The molecule has 2 atom stereocenters. The Balaban J connectivity index is 1.31. The summed E-state index contributed by atoms with van der Waals surface area (Å²) in [5.41, 5.74) is 3.27. The standard InChI is InChI=1S/C26H24N4O2S3/c1-13-3-5-15-17(11-27)25(34-21(15)9-13)29-23(31)19-7-8-20(33-19)24(32)30-26-18(12-28)16-6-4-14(2)10-22(16)35-26/h7-8,13-14H,3-6,9-10H2,1-2H3,(H,29,31)(H,30,32). The van der Waals surface area contributed by atoms with Crippen molar-refractivity contribution < 1.29 is 9.59 Å². The Labute approximate surface area is 216 Å². The summed E-state index contributed by atoms with van der Waals surface area (Å²) in [6.07, 6.45) is 5.70. The van der Waals surface area contributed by atoms with E-state index in [1.165, 1.54) is 32.4 Å². The third kappa shape index (κ3) is 4.52. The van der Waals surface area contributed by atoms with Gasteiger partial charge in [0.25, 0.3) is 11.8 Å². The van der Waals surface area contributed by atoms with Gasteiger partial charge in [-0.2, -0.15) is 10.5 Å². The molecule has 2 amide bonds. The molecule has 9 heteroatoms. The van der Waals surface area contributed by atoms with E-state index in [-0.39, 0.29) is 11.8 Å². The Morgan fingerprint density at radius 2 is 1.23 bits per heavy atom. The van der Waals surface area contributed by atoms with Crippen LogP contribution in [0.3, 0.4) is 0 Å². The van der Waals surface area contributed by atoms with Crippen molar-refractivity contribution in [2.24, 2.45) is 11.8 Å². The van der Waals surface area contributed by atoms with Crippen LogP contribution in [0.15, 0.2) is 12.1 Å². The Bertz CT molecular complexity index is 1310. The lowest BCUT2D eigenvalue weighted by atomic mass is 9.88. The van der Waals surface area contributed by atoms with E-state index in [4.69, 9.17) is 0 Å². The summed E-state index contributed by atoms with van der Waals surface area (Å²) in [6, 6.07) is 7.80. The third-order valence-electron chi connectivity index (χ3n) is 6.75. The molecule has 3 aromatic heterocycles. The topological polar surface area (TPSA) is 106 Å². The van der Waals surface area contributed by atoms with E-state index >= 15 is 0 Å². The minimum Gasteiger partial charge on any atom is -0.312 e. The zero-order chi connectivity index (χ0) is 24.7. The van der Waals surface area contributed by atoms with Crippen molar-refractivity contribution in [3.05, 3.63) is 53.9 Å². The molecule has 35 heavy (non-hydrogen) atoms. The van der Waals surface area contributed by atoms with E-state index in [0.717, 1.165) is 61.0 Å². The summed E-state index contributed by atoms with van der Waals surface area (Å²) >= 11 is 4.08. The van der Waals surface area contributed by atoms with E-state index in [0.29, 0.717) is 42.7 Å². The summed E-state index contributed by atoms with van der Waals surface area (Å²) < 4.78 is 0. The molecule has 3 aromatic rings. The number of nitrogens with one attached hydrogen (secondary N) is 2. The van der Waals surface area contributed by atoms with Gasteiger partial charge in [0.1, 0.15) is 22.1 Å². The summed E-state index contributed by atoms with van der Waals surface area (Å²) in [6.45, 7) is 4.41. The molecular weight excluding hydrogens is 497 g/mol. The summed E-state index contributed by atoms with van der Waals surface area (Å²) in [5.74, 6) is 0.507. The van der Waals surface area contributed by atoms with E-state index in [2.05, 4.69) is 36.6 Å². The number of anilines is 2. The van der Waals surface area contributed by atoms with Crippen molar-refractivity contribution in [3.8, 4) is 12.1 Å². The second-order valence-electron chi connectivity index (χ2n) is 9.41. The maximum Gasteiger partial charge on any atom is 0.266 e. The van der Waals surface area contributed by atoms with Crippen LogP contribution in [0.25, 0.3) is 0 Å². The van der Waals surface area contributed by atoms with Crippen molar-refractivity contribution >= 4 is 55.8 Å². The highest BCUT2D eigenvalue weighted by Crippen LogP contribution is 2.41. The first-order valence-electron chi connectivity index (χ1n) is 11.7. The van der Waals surface area contributed by atoms with Crippen molar-refractivity contribution in [2.75, 3.05) is 10.6 Å². The quantitative estimate of drug-likeness (QED) is 0.417. The SMILES string of the molecule is CC1CCc2c(sc(NC(=O)c3ccc(C(=O)Nc4sc5c(c4C#N)CCC(C)C5)s3)c2C#N)C1. The van der Waals surface area contributed by atoms with Gasteiger partial charge >= 0.3 is 0 Å². The Hall–Kier alpha value is -2.98. The monoisotopic (exact) mass is 520 g/mol. The zero-order valence-corrected chi connectivity index (χ0v) is 21.9. The molecule has 0 bridgehead atoms. The minimum absolute atomic E-state index is 0.324. The molecule has 0 spiro atoms. The number of hydrogen-bond donors (Lipinski definition) is 2. The molecule has 0 saturated carbocycles. The van der Waals surface area contributed by atoms with Gasteiger partial charge in [0.15, 0.2) is 0 Å². The number of carbonyl (C=O) groups excluding carboxylic acids is 2. The molecule has 3 heterocycles. The zero-order valence-electron chi connectivity index (χ0n) is 19.5. The molecule has 0 aromatic carbocycles. The smallest absolute Gasteiger partial charge is 0.266 e. The molecule has 0 saturated heterocycles. The van der Waals surface area contributed by atoms with Crippen molar-refractivity contribution in [1.29, 1.82) is 10.5 Å². The van der Waals surface area contributed by atoms with Crippen LogP contribution in [0.1, 0.15) is 78.0 Å². The number of fused-ring (bicyclic) bond motifs is 2. The van der Waals surface area contributed by atoms with E-state index in [1.807, 2.05) is 0 Å². The van der Waals surface area contributed by atoms with Crippen LogP contribution >= 0.6 is 34.0 Å². The number of nitriles is 2. The fraction of sp³-hybridized carbons (Fsp3) is 0.385. The molecule has 178 valence electrons. The van der Waals surface area contributed by atoms with Crippen LogP contribution in [-0.4, -0.2) is 11.8 Å². The number of thiophene rings is 3. The highest BCUT2D eigenvalue weighted by molar-refractivity contribution is 7.18. The van der Waals surface area contributed by atoms with Crippen molar-refractivity contribution in [1.82, 2.24) is 0 Å². The Kier molecular flexibility index (Phi) is 6.50. The van der Waals surface area contributed by atoms with Crippen LogP contribution in [0.4, 0.5) is 10.0 Å². The van der Waals surface area contributed by atoms with Crippen molar-refractivity contribution in [3.63, 3.8) is 0 Å². The van der Waals surface area contributed by atoms with E-state index in [9.17, 15) is 20.1 Å². The maximum absolute atomic E-state index is 12.9. The van der Waals surface area contributed by atoms with Crippen molar-refractivity contribution in [2.45, 2.75) is 52.4 Å². The first kappa shape index (κ1) is 23.7. The molecule has 0 fully saturated rings. The second-order valence-corrected chi connectivity index (χ2v) is 12.7. The van der Waals surface area contributed by atoms with Crippen LogP contribution < -0.4 is 10.6 Å². The lowest BCUT2D eigenvalue weighted by Crippen LogP contribution is -2.11. The second kappa shape index (κ2) is 9.58. The highest BCUT2D eigenvalue weighted by Gasteiger charge is 2.27. The highest BCUT2D eigenvalue weighted by atomic mass is 32.1. The van der Waals surface area contributed by atoms with Gasteiger partial charge in [0.05, 0.1) is 20.9 Å². The first-order valence-corrected chi connectivity index (χ1v) is 14.1. The van der Waals surface area contributed by atoms with E-state index < -0.39 is 0 Å². The Morgan fingerprint density at radius 1 is 0.800 bits per heavy atom. The predicted molar refractivity (Wildman–Crippen MR) is 141 cm³/mol. The third-order valence-corrected chi connectivity index (χ3v) is 10.2. The van der Waals surface area contributed by atoms with Gasteiger partial charge in [-0.25, -0.2) is 0 Å². The number of carbonyl (C=O) groups is 2. The molecule has 5 rings (SSSR count). The lowest BCUT2D eigenvalue weighted by Gasteiger charge is -2.17. The van der Waals surface area contributed by atoms with Gasteiger partial charge < -0.3 is 10.6 Å². The van der Waals surface area contributed by atoms with Gasteiger partial charge in [-0.3, -0.25) is 9.59 Å². The average Bonchev–Trinajstić information content (AvgIpc) is 3.53. The Morgan fingerprint density at radius 3 is 1.63 bits per heavy atom. The van der Waals surface area contributed by atoms with E-state index in [1.54, 1.807) is 12.1 Å². The molecule has 0 radical (unpaired) electrons. The molecule has 2 unspecified atom stereocenters. The molecule has 2 aliphatic rings. The summed E-state index contributed by atoms with van der Waals surface area (Å²) in [5, 5.41) is 26.3. The largest absolute Gasteiger partial charge is 0.312 e. The minimum atomic E-state index is -0.324. The molecular formula is C26H24N4O2S3. The van der Waals surface area contributed by atoms with Crippen LogP contribution in [0.5, 0.6) is 0 Å². The van der Waals surface area contributed by atoms with Gasteiger partial charge in [-0.1, -0.05) is 13.8 Å². The average molecular weight is 521 g/mol. The summed E-state index contributed by atoms with van der Waals surface area (Å²) in [7, 11) is 0. The number of amides is 2. The van der Waals surface area contributed by atoms with Crippen LogP contribution in [0.2, 0.25) is 0 Å². The van der Waals surface area contributed by atoms with Gasteiger partial charge in [0, 0.05) is 9.75 Å². The van der Waals surface area contributed by atoms with Crippen LogP contribution in [-0.2, 0) is 25.7 Å². The molecule has 2 aliphatic carbocycles. The fourth-order valence-electron chi connectivity index (χ4n) is 4.83. The van der Waals surface area contributed by atoms with Crippen LogP contribution in [0, 0.1) is 34.5 Å². The number of hydrogen-bond acceptors (Lipinski definition) is 7. The normalized spacial score (nSPS) is 18.6. The molecule has 6 nitrogen and oxygen atoms in total. The van der Waals surface area contributed by atoms with Gasteiger partial charge in [-0.05, 0) is 73.6 Å². The van der Waals surface area contributed by atoms with Gasteiger partial charge in [-0.15, -0.1) is 34.0 Å². The fourth-order valence-corrected chi connectivity index (χ4v) is 8.33. The maximum atomic E-state index is 12.9. The molecule has 0 aliphatic heterocycles. The lowest BCUT2D eigenvalue weighted by molar-refractivity contribution is 0.102. The number of rotatable bonds is 4. The van der Waals surface area contributed by atoms with Gasteiger partial charge in [0.2, 0.25) is 0 Å². The predicted octanol–water partition coefficient (Wildman–Crippen LogP) is 6.37.